The molecule has 0 fully saturated rings. The van der Waals surface area contributed by atoms with Crippen molar-refractivity contribution in [2.24, 2.45) is 0 Å². The lowest BCUT2D eigenvalue weighted by molar-refractivity contribution is -0.386. The second-order valence-electron chi connectivity index (χ2n) is 5.15. The highest BCUT2D eigenvalue weighted by Gasteiger charge is 2.29. The zero-order chi connectivity index (χ0) is 17.2. The van der Waals surface area contributed by atoms with Crippen LogP contribution >= 0.6 is 0 Å². The Bertz CT molecular complexity index is 701. The first-order valence-electron chi connectivity index (χ1n) is 6.73. The van der Waals surface area contributed by atoms with Gasteiger partial charge < -0.3 is 4.74 Å². The molecule has 0 N–H and O–H groups in total. The van der Waals surface area contributed by atoms with Gasteiger partial charge in [0.2, 0.25) is 0 Å². The van der Waals surface area contributed by atoms with Gasteiger partial charge in [-0.15, -0.1) is 0 Å². The van der Waals surface area contributed by atoms with Crippen molar-refractivity contribution in [2.45, 2.75) is 26.6 Å². The molecule has 0 saturated carbocycles. The van der Waals surface area contributed by atoms with Crippen LogP contribution < -0.4 is 4.74 Å². The molecular formula is C16H14F3NO3. The summed E-state index contributed by atoms with van der Waals surface area (Å²) in [5.74, 6) is 0.436. The number of nitro groups is 1. The van der Waals surface area contributed by atoms with Gasteiger partial charge in [-0.05, 0) is 43.7 Å². The fraction of sp³-hybridized carbons (Fsp3) is 0.250. The molecule has 0 atom stereocenters. The van der Waals surface area contributed by atoms with E-state index in [2.05, 4.69) is 0 Å². The third kappa shape index (κ3) is 4.00. The molecule has 0 aromatic heterocycles. The van der Waals surface area contributed by atoms with E-state index >= 15 is 0 Å². The minimum atomic E-state index is -4.37. The van der Waals surface area contributed by atoms with E-state index in [-0.39, 0.29) is 12.3 Å². The number of nitro benzene ring substituents is 1. The van der Waals surface area contributed by atoms with E-state index in [1.165, 1.54) is 24.3 Å². The van der Waals surface area contributed by atoms with Crippen LogP contribution in [0, 0.1) is 24.0 Å². The lowest BCUT2D eigenvalue weighted by atomic mass is 10.1. The summed E-state index contributed by atoms with van der Waals surface area (Å²) in [6, 6.07) is 7.74. The topological polar surface area (TPSA) is 52.4 Å². The standard InChI is InChI=1S/C16H14F3NO3/c1-10-7-14(8-11(2)15(10)20(21)22)23-9-12-3-5-13(6-4-12)16(17,18)19/h3-8H,9H2,1-2H3. The number of ether oxygens (including phenoxy) is 1. The van der Waals surface area contributed by atoms with Crippen LogP contribution in [-0.2, 0) is 12.8 Å². The third-order valence-corrected chi connectivity index (χ3v) is 3.33. The van der Waals surface area contributed by atoms with Crippen LogP contribution in [0.15, 0.2) is 36.4 Å². The van der Waals surface area contributed by atoms with Crippen molar-refractivity contribution < 1.29 is 22.8 Å². The zero-order valence-electron chi connectivity index (χ0n) is 12.5. The van der Waals surface area contributed by atoms with E-state index in [1.54, 1.807) is 13.8 Å². The SMILES string of the molecule is Cc1cc(OCc2ccc(C(F)(F)F)cc2)cc(C)c1[N+](=O)[O-]. The van der Waals surface area contributed by atoms with Gasteiger partial charge in [0.1, 0.15) is 12.4 Å². The van der Waals surface area contributed by atoms with E-state index in [0.29, 0.717) is 22.4 Å². The highest BCUT2D eigenvalue weighted by molar-refractivity contribution is 5.51. The van der Waals surface area contributed by atoms with Gasteiger partial charge in [-0.25, -0.2) is 0 Å². The highest BCUT2D eigenvalue weighted by atomic mass is 19.4. The van der Waals surface area contributed by atoms with E-state index < -0.39 is 16.7 Å². The van der Waals surface area contributed by atoms with Gasteiger partial charge in [0.15, 0.2) is 0 Å². The number of halogens is 3. The van der Waals surface area contributed by atoms with Crippen molar-refractivity contribution in [3.8, 4) is 5.75 Å². The minimum absolute atomic E-state index is 0.0341. The Balaban J connectivity index is 2.11. The van der Waals surface area contributed by atoms with Gasteiger partial charge in [0.25, 0.3) is 5.69 Å². The molecule has 0 bridgehead atoms. The molecule has 2 rings (SSSR count). The molecule has 0 aliphatic heterocycles. The highest BCUT2D eigenvalue weighted by Crippen LogP contribution is 2.30. The van der Waals surface area contributed by atoms with Crippen LogP contribution in [0.1, 0.15) is 22.3 Å². The maximum absolute atomic E-state index is 12.5. The maximum Gasteiger partial charge on any atom is 0.416 e. The van der Waals surface area contributed by atoms with Crippen molar-refractivity contribution in [3.63, 3.8) is 0 Å². The monoisotopic (exact) mass is 325 g/mol. The van der Waals surface area contributed by atoms with Gasteiger partial charge in [-0.2, -0.15) is 13.2 Å². The van der Waals surface area contributed by atoms with Gasteiger partial charge in [-0.3, -0.25) is 10.1 Å². The van der Waals surface area contributed by atoms with Crippen molar-refractivity contribution in [1.29, 1.82) is 0 Å². The molecule has 0 aliphatic carbocycles. The summed E-state index contributed by atoms with van der Waals surface area (Å²) in [7, 11) is 0. The Morgan fingerprint density at radius 3 is 2.04 bits per heavy atom. The first kappa shape index (κ1) is 16.8. The minimum Gasteiger partial charge on any atom is -0.489 e. The normalized spacial score (nSPS) is 11.3. The summed E-state index contributed by atoms with van der Waals surface area (Å²) in [4.78, 5) is 10.5. The van der Waals surface area contributed by atoms with Crippen molar-refractivity contribution in [1.82, 2.24) is 0 Å². The molecular weight excluding hydrogens is 311 g/mol. The number of hydrogen-bond acceptors (Lipinski definition) is 3. The molecule has 0 unspecified atom stereocenters. The first-order chi connectivity index (χ1) is 10.7. The van der Waals surface area contributed by atoms with Crippen LogP contribution in [0.5, 0.6) is 5.75 Å². The second-order valence-corrected chi connectivity index (χ2v) is 5.15. The fourth-order valence-corrected chi connectivity index (χ4v) is 2.24. The first-order valence-corrected chi connectivity index (χ1v) is 6.73. The number of nitrogens with zero attached hydrogens (tertiary/aromatic N) is 1. The lowest BCUT2D eigenvalue weighted by Gasteiger charge is -2.10. The van der Waals surface area contributed by atoms with Gasteiger partial charge in [-0.1, -0.05) is 12.1 Å². The number of rotatable bonds is 4. The summed E-state index contributed by atoms with van der Waals surface area (Å²) in [6.07, 6.45) is -4.37. The largest absolute Gasteiger partial charge is 0.489 e. The van der Waals surface area contributed by atoms with Crippen LogP contribution in [0.4, 0.5) is 18.9 Å². The molecule has 4 nitrogen and oxygen atoms in total. The Hall–Kier alpha value is -2.57. The van der Waals surface area contributed by atoms with Crippen LogP contribution in [0.3, 0.4) is 0 Å². The predicted octanol–water partition coefficient (Wildman–Crippen LogP) is 4.81. The van der Waals surface area contributed by atoms with Crippen molar-refractivity contribution >= 4 is 5.69 Å². The molecule has 0 amide bonds. The van der Waals surface area contributed by atoms with Crippen LogP contribution in [0.2, 0.25) is 0 Å². The average molecular weight is 325 g/mol. The molecule has 0 saturated heterocycles. The van der Waals surface area contributed by atoms with Crippen LogP contribution in [0.25, 0.3) is 0 Å². The second kappa shape index (κ2) is 6.28. The zero-order valence-corrected chi connectivity index (χ0v) is 12.5. The third-order valence-electron chi connectivity index (χ3n) is 3.33. The maximum atomic E-state index is 12.5. The number of hydrogen-bond donors (Lipinski definition) is 0. The molecule has 2 aromatic rings. The van der Waals surface area contributed by atoms with Gasteiger partial charge in [0.05, 0.1) is 10.5 Å². The van der Waals surface area contributed by atoms with E-state index in [1.807, 2.05) is 0 Å². The Labute approximate surface area is 130 Å². The van der Waals surface area contributed by atoms with Crippen molar-refractivity contribution in [3.05, 3.63) is 68.8 Å². The van der Waals surface area contributed by atoms with E-state index in [9.17, 15) is 23.3 Å². The Morgan fingerprint density at radius 1 is 1.09 bits per heavy atom. The average Bonchev–Trinajstić information content (AvgIpc) is 2.43. The Kier molecular flexibility index (Phi) is 4.58. The molecule has 122 valence electrons. The molecule has 0 radical (unpaired) electrons. The molecule has 2 aromatic carbocycles. The fourth-order valence-electron chi connectivity index (χ4n) is 2.24. The summed E-state index contributed by atoms with van der Waals surface area (Å²) >= 11 is 0. The van der Waals surface area contributed by atoms with Gasteiger partial charge in [0, 0.05) is 11.1 Å². The van der Waals surface area contributed by atoms with Gasteiger partial charge >= 0.3 is 6.18 Å². The molecule has 23 heavy (non-hydrogen) atoms. The molecule has 0 spiro atoms. The summed E-state index contributed by atoms with van der Waals surface area (Å²) < 4.78 is 42.9. The summed E-state index contributed by atoms with van der Waals surface area (Å²) in [5.41, 5.74) is 0.830. The number of alkyl halides is 3. The summed E-state index contributed by atoms with van der Waals surface area (Å²) in [5, 5.41) is 10.9. The number of benzene rings is 2. The lowest BCUT2D eigenvalue weighted by Crippen LogP contribution is -2.05. The summed E-state index contributed by atoms with van der Waals surface area (Å²) in [6.45, 7) is 3.29. The number of aryl methyl sites for hydroxylation is 2. The van der Waals surface area contributed by atoms with E-state index in [4.69, 9.17) is 4.74 Å². The molecule has 0 heterocycles. The van der Waals surface area contributed by atoms with E-state index in [0.717, 1.165) is 12.1 Å². The molecule has 7 heteroatoms. The smallest absolute Gasteiger partial charge is 0.416 e. The molecule has 0 aliphatic rings. The quantitative estimate of drug-likeness (QED) is 0.599. The van der Waals surface area contributed by atoms with Crippen molar-refractivity contribution in [2.75, 3.05) is 0 Å². The van der Waals surface area contributed by atoms with Crippen LogP contribution in [-0.4, -0.2) is 4.92 Å². The Morgan fingerprint density at radius 2 is 1.61 bits per heavy atom. The predicted molar refractivity (Wildman–Crippen MR) is 78.3 cm³/mol.